The van der Waals surface area contributed by atoms with Gasteiger partial charge in [0.05, 0.1) is 17.7 Å². The number of hydrogen-bond acceptors (Lipinski definition) is 3. The molecule has 33 heavy (non-hydrogen) atoms. The van der Waals surface area contributed by atoms with E-state index in [2.05, 4.69) is 0 Å². The highest BCUT2D eigenvalue weighted by atomic mass is 35.5. The monoisotopic (exact) mass is 464 g/mol. The minimum absolute atomic E-state index is 0.144. The van der Waals surface area contributed by atoms with Crippen LogP contribution in [0.5, 0.6) is 5.75 Å². The number of carbonyl (C=O) groups excluding carboxylic acids is 2. The molecule has 1 atom stereocenters. The lowest BCUT2D eigenvalue weighted by molar-refractivity contribution is -0.137. The highest BCUT2D eigenvalue weighted by Crippen LogP contribution is 2.49. The number of nitrogens with zero attached hydrogens (tertiary/aromatic N) is 2. The van der Waals surface area contributed by atoms with Crippen LogP contribution in [0.4, 0.5) is 4.39 Å². The van der Waals surface area contributed by atoms with Gasteiger partial charge in [-0.05, 0) is 41.5 Å². The molecule has 0 aliphatic carbocycles. The Labute approximate surface area is 196 Å². The predicted molar refractivity (Wildman–Crippen MR) is 122 cm³/mol. The summed E-state index contributed by atoms with van der Waals surface area (Å²) in [5.74, 6) is 0.00616. The van der Waals surface area contributed by atoms with Gasteiger partial charge in [0.2, 0.25) is 0 Å². The lowest BCUT2D eigenvalue weighted by atomic mass is 9.87. The highest BCUT2D eigenvalue weighted by Gasteiger charge is 2.59. The van der Waals surface area contributed by atoms with Crippen molar-refractivity contribution in [2.75, 3.05) is 13.7 Å². The van der Waals surface area contributed by atoms with Crippen LogP contribution in [0.15, 0.2) is 66.7 Å². The Balaban J connectivity index is 1.53. The summed E-state index contributed by atoms with van der Waals surface area (Å²) < 4.78 is 18.6. The number of hydrogen-bond donors (Lipinski definition) is 0. The summed E-state index contributed by atoms with van der Waals surface area (Å²) in [5.41, 5.74) is 1.65. The van der Waals surface area contributed by atoms with E-state index in [0.717, 1.165) is 16.9 Å². The fourth-order valence-electron chi connectivity index (χ4n) is 4.89. The van der Waals surface area contributed by atoms with Crippen LogP contribution in [0.2, 0.25) is 5.02 Å². The molecule has 1 spiro atoms. The van der Waals surface area contributed by atoms with E-state index < -0.39 is 5.54 Å². The molecule has 0 radical (unpaired) electrons. The van der Waals surface area contributed by atoms with Gasteiger partial charge in [0, 0.05) is 31.6 Å². The molecule has 2 heterocycles. The molecule has 1 saturated heterocycles. The first kappa shape index (κ1) is 21.5. The molecule has 2 aliphatic rings. The number of methoxy groups -OCH3 is 1. The van der Waals surface area contributed by atoms with E-state index in [4.69, 9.17) is 16.3 Å². The number of carbonyl (C=O) groups is 2. The first-order valence-corrected chi connectivity index (χ1v) is 11.1. The maximum atomic E-state index is 13.9. The van der Waals surface area contributed by atoms with Gasteiger partial charge in [-0.1, -0.05) is 48.0 Å². The lowest BCUT2D eigenvalue weighted by Crippen LogP contribution is -2.49. The zero-order valence-corrected chi connectivity index (χ0v) is 18.8. The Bertz CT molecular complexity index is 1230. The van der Waals surface area contributed by atoms with Crippen LogP contribution in [0, 0.1) is 5.82 Å². The van der Waals surface area contributed by atoms with E-state index in [-0.39, 0.29) is 24.2 Å². The SMILES string of the molecule is COc1ccc(CN2C(=O)c3c(Cl)cccc3C23CCN(Cc2ccc(F)cc2)C3=O)cc1. The molecule has 2 amide bonds. The summed E-state index contributed by atoms with van der Waals surface area (Å²) in [5, 5.41) is 0.346. The van der Waals surface area contributed by atoms with Crippen LogP contribution in [0.25, 0.3) is 0 Å². The van der Waals surface area contributed by atoms with Crippen LogP contribution < -0.4 is 4.74 Å². The van der Waals surface area contributed by atoms with E-state index in [0.29, 0.717) is 35.7 Å². The smallest absolute Gasteiger partial charge is 0.257 e. The standard InChI is InChI=1S/C26H22ClFN2O3/c1-33-20-11-7-18(8-12-20)16-30-24(31)23-21(3-2-4-22(23)27)26(30)13-14-29(25(26)32)15-17-5-9-19(28)10-6-17/h2-12H,13-16H2,1H3. The Kier molecular flexibility index (Phi) is 5.33. The maximum Gasteiger partial charge on any atom is 0.257 e. The number of fused-ring (bicyclic) bond motifs is 2. The van der Waals surface area contributed by atoms with Gasteiger partial charge in [0.15, 0.2) is 0 Å². The molecule has 0 N–H and O–H groups in total. The van der Waals surface area contributed by atoms with Crippen LogP contribution >= 0.6 is 11.6 Å². The van der Waals surface area contributed by atoms with Gasteiger partial charge in [-0.25, -0.2) is 4.39 Å². The topological polar surface area (TPSA) is 49.9 Å². The van der Waals surface area contributed by atoms with E-state index >= 15 is 0 Å². The molecule has 5 rings (SSSR count). The quantitative estimate of drug-likeness (QED) is 0.546. The Morgan fingerprint density at radius 2 is 1.64 bits per heavy atom. The van der Waals surface area contributed by atoms with Gasteiger partial charge in [0.1, 0.15) is 17.1 Å². The Hall–Kier alpha value is -3.38. The van der Waals surface area contributed by atoms with Crippen molar-refractivity contribution >= 4 is 23.4 Å². The number of likely N-dealkylation sites (tertiary alicyclic amines) is 1. The summed E-state index contributed by atoms with van der Waals surface area (Å²) in [6.07, 6.45) is 0.461. The molecule has 7 heteroatoms. The normalized spacial score (nSPS) is 19.5. The van der Waals surface area contributed by atoms with Crippen molar-refractivity contribution in [2.45, 2.75) is 25.0 Å². The third-order valence-electron chi connectivity index (χ3n) is 6.55. The number of rotatable bonds is 5. The molecule has 3 aromatic rings. The van der Waals surface area contributed by atoms with E-state index in [9.17, 15) is 14.0 Å². The van der Waals surface area contributed by atoms with Crippen LogP contribution in [0.1, 0.15) is 33.5 Å². The minimum atomic E-state index is -1.11. The minimum Gasteiger partial charge on any atom is -0.497 e. The van der Waals surface area contributed by atoms with Crippen molar-refractivity contribution in [3.8, 4) is 5.75 Å². The Morgan fingerprint density at radius 1 is 0.970 bits per heavy atom. The molecule has 5 nitrogen and oxygen atoms in total. The molecule has 1 fully saturated rings. The summed E-state index contributed by atoms with van der Waals surface area (Å²) >= 11 is 6.44. The van der Waals surface area contributed by atoms with Crippen LogP contribution in [0.3, 0.4) is 0 Å². The van der Waals surface area contributed by atoms with Gasteiger partial charge in [0.25, 0.3) is 11.8 Å². The van der Waals surface area contributed by atoms with Crippen molar-refractivity contribution in [3.05, 3.63) is 99.8 Å². The fourth-order valence-corrected chi connectivity index (χ4v) is 5.14. The third kappa shape index (κ3) is 3.45. The summed E-state index contributed by atoms with van der Waals surface area (Å²) in [6, 6.07) is 18.8. The molecule has 0 saturated carbocycles. The number of ether oxygens (including phenoxy) is 1. The van der Waals surface area contributed by atoms with Gasteiger partial charge >= 0.3 is 0 Å². The summed E-state index contributed by atoms with van der Waals surface area (Å²) in [6.45, 7) is 1.10. The molecule has 168 valence electrons. The second-order valence-corrected chi connectivity index (χ2v) is 8.77. The zero-order chi connectivity index (χ0) is 23.2. The average molecular weight is 465 g/mol. The summed E-state index contributed by atoms with van der Waals surface area (Å²) in [7, 11) is 1.60. The fraction of sp³-hybridized carbons (Fsp3) is 0.231. The lowest BCUT2D eigenvalue weighted by Gasteiger charge is -2.34. The van der Waals surface area contributed by atoms with Crippen molar-refractivity contribution in [3.63, 3.8) is 0 Å². The van der Waals surface area contributed by atoms with Crippen LogP contribution in [-0.2, 0) is 23.4 Å². The second-order valence-electron chi connectivity index (χ2n) is 8.37. The number of halogens is 2. The van der Waals surface area contributed by atoms with Crippen molar-refractivity contribution < 1.29 is 18.7 Å². The first-order valence-electron chi connectivity index (χ1n) is 10.7. The van der Waals surface area contributed by atoms with E-state index in [1.54, 1.807) is 41.2 Å². The highest BCUT2D eigenvalue weighted by molar-refractivity contribution is 6.34. The molecule has 3 aromatic carbocycles. The summed E-state index contributed by atoms with van der Waals surface area (Å²) in [4.78, 5) is 30.9. The third-order valence-corrected chi connectivity index (χ3v) is 6.86. The average Bonchev–Trinajstić information content (AvgIpc) is 3.27. The molecule has 0 aromatic heterocycles. The largest absolute Gasteiger partial charge is 0.497 e. The van der Waals surface area contributed by atoms with Crippen molar-refractivity contribution in [1.82, 2.24) is 9.80 Å². The number of benzene rings is 3. The molecular formula is C26H22ClFN2O3. The maximum absolute atomic E-state index is 13.9. The van der Waals surface area contributed by atoms with Crippen molar-refractivity contribution in [1.29, 1.82) is 0 Å². The molecular weight excluding hydrogens is 443 g/mol. The van der Waals surface area contributed by atoms with Gasteiger partial charge in [-0.15, -0.1) is 0 Å². The van der Waals surface area contributed by atoms with E-state index in [1.807, 2.05) is 30.3 Å². The first-order chi connectivity index (χ1) is 15.9. The van der Waals surface area contributed by atoms with Gasteiger partial charge in [-0.3, -0.25) is 9.59 Å². The zero-order valence-electron chi connectivity index (χ0n) is 18.1. The Morgan fingerprint density at radius 3 is 2.33 bits per heavy atom. The van der Waals surface area contributed by atoms with Gasteiger partial charge < -0.3 is 14.5 Å². The molecule has 1 unspecified atom stereocenters. The number of amides is 2. The molecule has 0 bridgehead atoms. The van der Waals surface area contributed by atoms with Crippen LogP contribution in [-0.4, -0.2) is 35.3 Å². The second kappa shape index (κ2) is 8.19. The van der Waals surface area contributed by atoms with Gasteiger partial charge in [-0.2, -0.15) is 0 Å². The predicted octanol–water partition coefficient (Wildman–Crippen LogP) is 4.77. The van der Waals surface area contributed by atoms with Crippen molar-refractivity contribution in [2.24, 2.45) is 0 Å². The van der Waals surface area contributed by atoms with E-state index in [1.165, 1.54) is 12.1 Å². The molecule has 2 aliphatic heterocycles.